The molecule has 0 aliphatic carbocycles. The number of piperidine rings is 1. The lowest BCUT2D eigenvalue weighted by atomic mass is 9.91. The molecule has 2 fully saturated rings. The number of benzene rings is 2. The molecule has 2 atom stereocenters. The third-order valence-corrected chi connectivity index (χ3v) is 6.29. The normalized spacial score (nSPS) is 22.1. The largest absolute Gasteiger partial charge is 0.495 e. The second-order valence-corrected chi connectivity index (χ2v) is 8.39. The van der Waals surface area contributed by atoms with Gasteiger partial charge < -0.3 is 18.9 Å². The van der Waals surface area contributed by atoms with Crippen LogP contribution in [0.4, 0.5) is 0 Å². The number of ether oxygens (including phenoxy) is 2. The molecule has 1 amide bonds. The summed E-state index contributed by atoms with van der Waals surface area (Å²) in [7, 11) is 1.66. The Morgan fingerprint density at radius 2 is 2.00 bits per heavy atom. The molecule has 3 heterocycles. The maximum Gasteiger partial charge on any atom is 0.250 e. The first-order valence-electron chi connectivity index (χ1n) is 11.0. The van der Waals surface area contributed by atoms with Crippen molar-refractivity contribution in [2.45, 2.75) is 31.8 Å². The first-order chi connectivity index (χ1) is 15.6. The van der Waals surface area contributed by atoms with Crippen LogP contribution in [0.25, 0.3) is 11.8 Å². The fourth-order valence-electron chi connectivity index (χ4n) is 4.67. The SMILES string of the molecule is COc1cc(C=C2CC[C@@H]3COCC(c4ccccc4)N3C2=O)ccc1-n1cnc(C)c1. The Balaban J connectivity index is 1.45. The number of aromatic nitrogens is 2. The average molecular weight is 430 g/mol. The molecule has 0 N–H and O–H groups in total. The number of aryl methyl sites for hydroxylation is 1. The van der Waals surface area contributed by atoms with Crippen molar-refractivity contribution in [1.29, 1.82) is 0 Å². The number of imidazole rings is 1. The van der Waals surface area contributed by atoms with Crippen LogP contribution in [0.15, 0.2) is 66.6 Å². The quantitative estimate of drug-likeness (QED) is 0.579. The predicted molar refractivity (Wildman–Crippen MR) is 123 cm³/mol. The molecule has 2 aromatic carbocycles. The van der Waals surface area contributed by atoms with Crippen LogP contribution in [0.1, 0.15) is 35.7 Å². The molecule has 6 heteroatoms. The zero-order valence-electron chi connectivity index (χ0n) is 18.4. The molecular weight excluding hydrogens is 402 g/mol. The third-order valence-electron chi connectivity index (χ3n) is 6.29. The zero-order valence-corrected chi connectivity index (χ0v) is 18.4. The number of amides is 1. The monoisotopic (exact) mass is 429 g/mol. The van der Waals surface area contributed by atoms with Crippen LogP contribution in [0.3, 0.4) is 0 Å². The van der Waals surface area contributed by atoms with Crippen molar-refractivity contribution in [1.82, 2.24) is 14.5 Å². The minimum atomic E-state index is -0.0486. The second-order valence-electron chi connectivity index (χ2n) is 8.39. The van der Waals surface area contributed by atoms with E-state index >= 15 is 0 Å². The van der Waals surface area contributed by atoms with Crippen LogP contribution in [0, 0.1) is 6.92 Å². The number of methoxy groups -OCH3 is 1. The molecule has 2 saturated heterocycles. The average Bonchev–Trinajstić information content (AvgIpc) is 3.27. The first-order valence-corrected chi connectivity index (χ1v) is 11.0. The van der Waals surface area contributed by atoms with Crippen LogP contribution in [-0.2, 0) is 9.53 Å². The van der Waals surface area contributed by atoms with Gasteiger partial charge in [0, 0.05) is 11.8 Å². The number of carbonyl (C=O) groups is 1. The van der Waals surface area contributed by atoms with Crippen molar-refractivity contribution in [3.05, 3.63) is 83.4 Å². The van der Waals surface area contributed by atoms with Crippen LogP contribution in [0.2, 0.25) is 0 Å². The summed E-state index contributed by atoms with van der Waals surface area (Å²) in [5.74, 6) is 0.845. The van der Waals surface area contributed by atoms with E-state index in [2.05, 4.69) is 17.1 Å². The molecule has 1 unspecified atom stereocenters. The van der Waals surface area contributed by atoms with Crippen LogP contribution < -0.4 is 4.74 Å². The van der Waals surface area contributed by atoms with E-state index in [4.69, 9.17) is 9.47 Å². The summed E-state index contributed by atoms with van der Waals surface area (Å²) in [5, 5.41) is 0. The highest BCUT2D eigenvalue weighted by molar-refractivity contribution is 5.99. The van der Waals surface area contributed by atoms with Crippen LogP contribution in [-0.4, -0.2) is 46.7 Å². The molecular formula is C26H27N3O3. The Labute approximate surface area is 188 Å². The van der Waals surface area contributed by atoms with Gasteiger partial charge in [0.1, 0.15) is 5.75 Å². The number of rotatable bonds is 4. The standard InChI is InChI=1S/C26H27N3O3/c1-18-14-28(17-27-18)23-11-8-19(13-25(23)31-2)12-21-9-10-22-15-32-16-24(29(22)26(21)30)20-6-4-3-5-7-20/h3-8,11-14,17,22,24H,9-10,15-16H2,1-2H3/t22-,24?/m1/s1. The van der Waals surface area contributed by atoms with Crippen molar-refractivity contribution < 1.29 is 14.3 Å². The van der Waals surface area contributed by atoms with E-state index in [0.717, 1.165) is 46.7 Å². The highest BCUT2D eigenvalue weighted by atomic mass is 16.5. The van der Waals surface area contributed by atoms with Gasteiger partial charge in [-0.25, -0.2) is 4.98 Å². The summed E-state index contributed by atoms with van der Waals surface area (Å²) in [6, 6.07) is 16.2. The van der Waals surface area contributed by atoms with Crippen molar-refractivity contribution in [2.24, 2.45) is 0 Å². The molecule has 2 aliphatic rings. The van der Waals surface area contributed by atoms with Crippen molar-refractivity contribution in [2.75, 3.05) is 20.3 Å². The fourth-order valence-corrected chi connectivity index (χ4v) is 4.67. The zero-order chi connectivity index (χ0) is 22.1. The van der Waals surface area contributed by atoms with Gasteiger partial charge >= 0.3 is 0 Å². The minimum absolute atomic E-state index is 0.0486. The molecule has 1 aromatic heterocycles. The Morgan fingerprint density at radius 3 is 2.75 bits per heavy atom. The second kappa shape index (κ2) is 8.63. The Bertz CT molecular complexity index is 1150. The van der Waals surface area contributed by atoms with Crippen molar-refractivity contribution >= 4 is 12.0 Å². The summed E-state index contributed by atoms with van der Waals surface area (Å²) in [6.45, 7) is 3.10. The summed E-state index contributed by atoms with van der Waals surface area (Å²) in [6.07, 6.45) is 7.39. The van der Waals surface area contributed by atoms with Gasteiger partial charge in [-0.05, 0) is 49.1 Å². The highest BCUT2D eigenvalue weighted by Gasteiger charge is 2.39. The van der Waals surface area contributed by atoms with Gasteiger partial charge in [0.2, 0.25) is 0 Å². The maximum absolute atomic E-state index is 13.6. The Morgan fingerprint density at radius 1 is 1.16 bits per heavy atom. The molecule has 0 saturated carbocycles. The van der Waals surface area contributed by atoms with Gasteiger partial charge in [-0.2, -0.15) is 0 Å². The van der Waals surface area contributed by atoms with Gasteiger partial charge in [0.05, 0.1) is 50.1 Å². The first kappa shape index (κ1) is 20.5. The number of hydrogen-bond donors (Lipinski definition) is 0. The lowest BCUT2D eigenvalue weighted by Crippen LogP contribution is -2.53. The lowest BCUT2D eigenvalue weighted by molar-refractivity contribution is -0.145. The molecule has 2 aliphatic heterocycles. The maximum atomic E-state index is 13.6. The summed E-state index contributed by atoms with van der Waals surface area (Å²) in [5.41, 5.74) is 4.77. The number of nitrogens with zero attached hydrogens (tertiary/aromatic N) is 3. The Hall–Kier alpha value is -3.38. The summed E-state index contributed by atoms with van der Waals surface area (Å²) < 4.78 is 13.4. The summed E-state index contributed by atoms with van der Waals surface area (Å²) in [4.78, 5) is 19.9. The van der Waals surface area contributed by atoms with E-state index in [1.54, 1.807) is 13.4 Å². The number of hydrogen-bond acceptors (Lipinski definition) is 4. The van der Waals surface area contributed by atoms with E-state index in [0.29, 0.717) is 13.2 Å². The van der Waals surface area contributed by atoms with Crippen molar-refractivity contribution in [3.63, 3.8) is 0 Å². The van der Waals surface area contributed by atoms with E-state index in [1.807, 2.05) is 65.1 Å². The van der Waals surface area contributed by atoms with Gasteiger partial charge in [-0.1, -0.05) is 36.4 Å². The number of morpholine rings is 1. The van der Waals surface area contributed by atoms with Crippen LogP contribution >= 0.6 is 0 Å². The molecule has 0 bridgehead atoms. The third kappa shape index (κ3) is 3.82. The highest BCUT2D eigenvalue weighted by Crippen LogP contribution is 2.36. The van der Waals surface area contributed by atoms with Crippen LogP contribution in [0.5, 0.6) is 5.75 Å². The van der Waals surface area contributed by atoms with E-state index in [1.165, 1.54) is 0 Å². The predicted octanol–water partition coefficient (Wildman–Crippen LogP) is 4.34. The minimum Gasteiger partial charge on any atom is -0.495 e. The van der Waals surface area contributed by atoms with Gasteiger partial charge in [-0.15, -0.1) is 0 Å². The molecule has 0 spiro atoms. The smallest absolute Gasteiger partial charge is 0.250 e. The van der Waals surface area contributed by atoms with Gasteiger partial charge in [-0.3, -0.25) is 4.79 Å². The molecule has 164 valence electrons. The lowest BCUT2D eigenvalue weighted by Gasteiger charge is -2.45. The molecule has 5 rings (SSSR count). The van der Waals surface area contributed by atoms with E-state index in [-0.39, 0.29) is 18.0 Å². The number of carbonyl (C=O) groups excluding carboxylic acids is 1. The van der Waals surface area contributed by atoms with E-state index in [9.17, 15) is 4.79 Å². The number of fused-ring (bicyclic) bond motifs is 1. The van der Waals surface area contributed by atoms with Crippen molar-refractivity contribution in [3.8, 4) is 11.4 Å². The fraction of sp³-hybridized carbons (Fsp3) is 0.308. The topological polar surface area (TPSA) is 56.6 Å². The Kier molecular flexibility index (Phi) is 5.53. The van der Waals surface area contributed by atoms with E-state index < -0.39 is 0 Å². The molecule has 3 aromatic rings. The summed E-state index contributed by atoms with van der Waals surface area (Å²) >= 11 is 0. The van der Waals surface area contributed by atoms with Gasteiger partial charge in [0.15, 0.2) is 0 Å². The molecule has 32 heavy (non-hydrogen) atoms. The molecule has 0 radical (unpaired) electrons. The van der Waals surface area contributed by atoms with Gasteiger partial charge in [0.25, 0.3) is 5.91 Å². The molecule has 6 nitrogen and oxygen atoms in total.